The lowest BCUT2D eigenvalue weighted by Gasteiger charge is -2.07. The number of carbonyl (C=O) groups excluding carboxylic acids is 1. The summed E-state index contributed by atoms with van der Waals surface area (Å²) in [6.07, 6.45) is 2.23. The van der Waals surface area contributed by atoms with Gasteiger partial charge in [-0.05, 0) is 18.1 Å². The van der Waals surface area contributed by atoms with Crippen LogP contribution in [-0.4, -0.2) is 10.9 Å². The fraction of sp³-hybridized carbons (Fsp3) is 0.286. The number of amides is 1. The van der Waals surface area contributed by atoms with Gasteiger partial charge in [0.25, 0.3) is 0 Å². The summed E-state index contributed by atoms with van der Waals surface area (Å²) in [6, 6.07) is 9.80. The highest BCUT2D eigenvalue weighted by Gasteiger charge is 2.05. The summed E-state index contributed by atoms with van der Waals surface area (Å²) in [5.41, 5.74) is 1.70. The lowest BCUT2D eigenvalue weighted by atomic mass is 10.1. The van der Waals surface area contributed by atoms with Crippen LogP contribution < -0.4 is 5.32 Å². The zero-order valence-corrected chi connectivity index (χ0v) is 10.1. The van der Waals surface area contributed by atoms with Gasteiger partial charge in [-0.3, -0.25) is 9.78 Å². The van der Waals surface area contributed by atoms with Crippen LogP contribution in [0.3, 0.4) is 0 Å². The molecule has 0 bridgehead atoms. The number of carbonyl (C=O) groups is 1. The van der Waals surface area contributed by atoms with Crippen LogP contribution in [0.25, 0.3) is 10.9 Å². The molecule has 3 heteroatoms. The monoisotopic (exact) mass is 228 g/mol. The van der Waals surface area contributed by atoms with Crippen molar-refractivity contribution in [3.8, 4) is 0 Å². The van der Waals surface area contributed by atoms with Gasteiger partial charge in [0, 0.05) is 11.8 Å². The Morgan fingerprint density at radius 3 is 2.88 bits per heavy atom. The molecule has 1 aromatic carbocycles. The van der Waals surface area contributed by atoms with E-state index in [1.807, 2.05) is 44.2 Å². The molecule has 0 atom stereocenters. The summed E-state index contributed by atoms with van der Waals surface area (Å²) in [5, 5.41) is 3.90. The number of para-hydroxylation sites is 1. The van der Waals surface area contributed by atoms with Gasteiger partial charge >= 0.3 is 0 Å². The Kier molecular flexibility index (Phi) is 3.38. The molecule has 1 N–H and O–H groups in total. The van der Waals surface area contributed by atoms with Crippen molar-refractivity contribution < 1.29 is 4.79 Å². The second-order valence-electron chi connectivity index (χ2n) is 4.56. The van der Waals surface area contributed by atoms with Crippen molar-refractivity contribution in [3.05, 3.63) is 36.5 Å². The maximum atomic E-state index is 11.6. The minimum Gasteiger partial charge on any atom is -0.325 e. The first kappa shape index (κ1) is 11.6. The Bertz CT molecular complexity index is 534. The van der Waals surface area contributed by atoms with Crippen LogP contribution >= 0.6 is 0 Å². The number of benzene rings is 1. The van der Waals surface area contributed by atoms with E-state index in [1.165, 1.54) is 0 Å². The first-order chi connectivity index (χ1) is 8.15. The first-order valence-corrected chi connectivity index (χ1v) is 5.80. The molecule has 0 saturated heterocycles. The van der Waals surface area contributed by atoms with E-state index in [4.69, 9.17) is 0 Å². The summed E-state index contributed by atoms with van der Waals surface area (Å²) in [4.78, 5) is 15.9. The van der Waals surface area contributed by atoms with E-state index >= 15 is 0 Å². The standard InChI is InChI=1S/C14H16N2O/c1-10(2)7-14(17)16-12-8-11-5-3-4-6-13(11)15-9-12/h3-6,8-10H,7H2,1-2H3,(H,16,17). The molecule has 17 heavy (non-hydrogen) atoms. The van der Waals surface area contributed by atoms with Crippen LogP contribution in [0.1, 0.15) is 20.3 Å². The van der Waals surface area contributed by atoms with E-state index in [9.17, 15) is 4.79 Å². The van der Waals surface area contributed by atoms with Crippen molar-refractivity contribution in [1.82, 2.24) is 4.98 Å². The lowest BCUT2D eigenvalue weighted by Crippen LogP contribution is -2.13. The molecule has 0 aliphatic rings. The number of fused-ring (bicyclic) bond motifs is 1. The molecule has 1 aromatic heterocycles. The van der Waals surface area contributed by atoms with Gasteiger partial charge in [-0.2, -0.15) is 0 Å². The predicted molar refractivity (Wildman–Crippen MR) is 69.8 cm³/mol. The zero-order valence-electron chi connectivity index (χ0n) is 10.1. The average Bonchev–Trinajstić information content (AvgIpc) is 2.27. The van der Waals surface area contributed by atoms with Crippen molar-refractivity contribution in [2.75, 3.05) is 5.32 Å². The number of anilines is 1. The van der Waals surface area contributed by atoms with E-state index in [2.05, 4.69) is 10.3 Å². The average molecular weight is 228 g/mol. The molecule has 0 aliphatic carbocycles. The van der Waals surface area contributed by atoms with E-state index < -0.39 is 0 Å². The number of nitrogens with one attached hydrogen (secondary N) is 1. The SMILES string of the molecule is CC(C)CC(=O)Nc1cnc2ccccc2c1. The topological polar surface area (TPSA) is 42.0 Å². The fourth-order valence-electron chi connectivity index (χ4n) is 1.72. The van der Waals surface area contributed by atoms with Gasteiger partial charge in [-0.1, -0.05) is 32.0 Å². The molecule has 3 nitrogen and oxygen atoms in total. The number of nitrogens with zero attached hydrogens (tertiary/aromatic N) is 1. The maximum Gasteiger partial charge on any atom is 0.224 e. The van der Waals surface area contributed by atoms with E-state index in [-0.39, 0.29) is 5.91 Å². The van der Waals surface area contributed by atoms with Gasteiger partial charge in [-0.15, -0.1) is 0 Å². The predicted octanol–water partition coefficient (Wildman–Crippen LogP) is 3.22. The maximum absolute atomic E-state index is 11.6. The Balaban J connectivity index is 2.17. The molecular weight excluding hydrogens is 212 g/mol. The highest BCUT2D eigenvalue weighted by molar-refractivity contribution is 5.93. The van der Waals surface area contributed by atoms with Crippen molar-refractivity contribution in [2.45, 2.75) is 20.3 Å². The molecule has 0 radical (unpaired) electrons. The molecular formula is C14H16N2O. The molecule has 0 unspecified atom stereocenters. The van der Waals surface area contributed by atoms with Gasteiger partial charge in [0.1, 0.15) is 0 Å². The van der Waals surface area contributed by atoms with Gasteiger partial charge < -0.3 is 5.32 Å². The minimum absolute atomic E-state index is 0.0390. The van der Waals surface area contributed by atoms with Crippen molar-refractivity contribution in [3.63, 3.8) is 0 Å². The van der Waals surface area contributed by atoms with Crippen LogP contribution in [0.2, 0.25) is 0 Å². The minimum atomic E-state index is 0.0390. The number of aromatic nitrogens is 1. The largest absolute Gasteiger partial charge is 0.325 e. The normalized spacial score (nSPS) is 10.8. The Morgan fingerprint density at radius 1 is 1.35 bits per heavy atom. The van der Waals surface area contributed by atoms with Crippen LogP contribution in [0.5, 0.6) is 0 Å². The molecule has 2 aromatic rings. The van der Waals surface area contributed by atoms with Crippen LogP contribution in [0.4, 0.5) is 5.69 Å². The Morgan fingerprint density at radius 2 is 2.12 bits per heavy atom. The van der Waals surface area contributed by atoms with E-state index in [0.29, 0.717) is 12.3 Å². The number of pyridine rings is 1. The molecule has 0 spiro atoms. The summed E-state index contributed by atoms with van der Waals surface area (Å²) in [6.45, 7) is 4.05. The number of hydrogen-bond donors (Lipinski definition) is 1. The van der Waals surface area contributed by atoms with Crippen LogP contribution in [0.15, 0.2) is 36.5 Å². The van der Waals surface area contributed by atoms with Crippen molar-refractivity contribution >= 4 is 22.5 Å². The van der Waals surface area contributed by atoms with Gasteiger partial charge in [0.05, 0.1) is 17.4 Å². The summed E-state index contributed by atoms with van der Waals surface area (Å²) < 4.78 is 0. The third-order valence-corrected chi connectivity index (χ3v) is 2.47. The second kappa shape index (κ2) is 4.95. The quantitative estimate of drug-likeness (QED) is 0.876. The fourth-order valence-corrected chi connectivity index (χ4v) is 1.72. The lowest BCUT2D eigenvalue weighted by molar-refractivity contribution is -0.116. The number of hydrogen-bond acceptors (Lipinski definition) is 2. The molecule has 0 fully saturated rings. The molecule has 0 aliphatic heterocycles. The highest BCUT2D eigenvalue weighted by Crippen LogP contribution is 2.16. The molecule has 1 heterocycles. The highest BCUT2D eigenvalue weighted by atomic mass is 16.1. The summed E-state index contributed by atoms with van der Waals surface area (Å²) >= 11 is 0. The van der Waals surface area contributed by atoms with Crippen LogP contribution in [0, 0.1) is 5.92 Å². The third kappa shape index (κ3) is 3.03. The van der Waals surface area contributed by atoms with Crippen molar-refractivity contribution in [1.29, 1.82) is 0 Å². The van der Waals surface area contributed by atoms with Gasteiger partial charge in [0.2, 0.25) is 5.91 Å². The van der Waals surface area contributed by atoms with Crippen molar-refractivity contribution in [2.24, 2.45) is 5.92 Å². The third-order valence-electron chi connectivity index (χ3n) is 2.47. The molecule has 0 saturated carbocycles. The summed E-state index contributed by atoms with van der Waals surface area (Å²) in [5.74, 6) is 0.403. The number of rotatable bonds is 3. The smallest absolute Gasteiger partial charge is 0.224 e. The van der Waals surface area contributed by atoms with Crippen LogP contribution in [-0.2, 0) is 4.79 Å². The van der Waals surface area contributed by atoms with E-state index in [0.717, 1.165) is 16.6 Å². The van der Waals surface area contributed by atoms with E-state index in [1.54, 1.807) is 6.20 Å². The molecule has 88 valence electrons. The zero-order chi connectivity index (χ0) is 12.3. The second-order valence-corrected chi connectivity index (χ2v) is 4.56. The van der Waals surface area contributed by atoms with Gasteiger partial charge in [0.15, 0.2) is 0 Å². The Hall–Kier alpha value is -1.90. The molecule has 2 rings (SSSR count). The molecule has 1 amide bonds. The van der Waals surface area contributed by atoms with Gasteiger partial charge in [-0.25, -0.2) is 0 Å². The summed E-state index contributed by atoms with van der Waals surface area (Å²) in [7, 11) is 0. The first-order valence-electron chi connectivity index (χ1n) is 5.80. The Labute approximate surface area is 101 Å².